The van der Waals surface area contributed by atoms with Crippen LogP contribution in [-0.2, 0) is 9.59 Å². The van der Waals surface area contributed by atoms with E-state index in [0.29, 0.717) is 5.56 Å². The lowest BCUT2D eigenvalue weighted by molar-refractivity contribution is -0.127. The molecule has 1 aliphatic carbocycles. The van der Waals surface area contributed by atoms with Gasteiger partial charge in [-0.25, -0.2) is 4.39 Å². The molecule has 23 heavy (non-hydrogen) atoms. The van der Waals surface area contributed by atoms with Gasteiger partial charge in [-0.15, -0.1) is 0 Å². The summed E-state index contributed by atoms with van der Waals surface area (Å²) in [6.45, 7) is 0.0364. The molecule has 1 aromatic carbocycles. The van der Waals surface area contributed by atoms with Crippen LogP contribution in [0.1, 0.15) is 50.2 Å². The van der Waals surface area contributed by atoms with E-state index >= 15 is 0 Å². The van der Waals surface area contributed by atoms with Crippen LogP contribution in [0.3, 0.4) is 0 Å². The van der Waals surface area contributed by atoms with E-state index in [-0.39, 0.29) is 43.1 Å². The SMILES string of the molecule is O=C(CCC(=O)NC1CCCC1)NCC(O)c1ccc(F)cc1. The molecule has 0 radical (unpaired) electrons. The van der Waals surface area contributed by atoms with E-state index in [9.17, 15) is 19.1 Å². The minimum absolute atomic E-state index is 0.0364. The molecule has 2 rings (SSSR count). The van der Waals surface area contributed by atoms with Crippen molar-refractivity contribution in [2.75, 3.05) is 6.54 Å². The standard InChI is InChI=1S/C17H23FN2O3/c18-13-7-5-12(6-8-13)15(21)11-19-16(22)9-10-17(23)20-14-3-1-2-4-14/h5-8,14-15,21H,1-4,9-11H2,(H,19,22)(H,20,23). The van der Waals surface area contributed by atoms with Crippen molar-refractivity contribution in [2.24, 2.45) is 0 Å². The van der Waals surface area contributed by atoms with Gasteiger partial charge in [0.15, 0.2) is 0 Å². The first-order chi connectivity index (χ1) is 11.0. The molecule has 0 aliphatic heterocycles. The summed E-state index contributed by atoms with van der Waals surface area (Å²) in [4.78, 5) is 23.4. The molecule has 0 saturated heterocycles. The summed E-state index contributed by atoms with van der Waals surface area (Å²) in [6, 6.07) is 5.72. The first-order valence-electron chi connectivity index (χ1n) is 8.04. The molecule has 1 fully saturated rings. The molecule has 0 aromatic heterocycles. The summed E-state index contributed by atoms with van der Waals surface area (Å²) in [6.07, 6.45) is 3.67. The third-order valence-electron chi connectivity index (χ3n) is 4.05. The predicted molar refractivity (Wildman–Crippen MR) is 84.0 cm³/mol. The molecule has 1 unspecified atom stereocenters. The van der Waals surface area contributed by atoms with E-state index < -0.39 is 6.10 Å². The minimum Gasteiger partial charge on any atom is -0.387 e. The van der Waals surface area contributed by atoms with Crippen LogP contribution in [0.2, 0.25) is 0 Å². The van der Waals surface area contributed by atoms with Gasteiger partial charge in [-0.05, 0) is 30.5 Å². The van der Waals surface area contributed by atoms with Gasteiger partial charge in [0.05, 0.1) is 6.10 Å². The largest absolute Gasteiger partial charge is 0.387 e. The number of hydrogen-bond acceptors (Lipinski definition) is 3. The first kappa shape index (κ1) is 17.4. The highest BCUT2D eigenvalue weighted by Gasteiger charge is 2.17. The lowest BCUT2D eigenvalue weighted by Crippen LogP contribution is -2.34. The zero-order valence-electron chi connectivity index (χ0n) is 13.1. The second-order valence-corrected chi connectivity index (χ2v) is 5.92. The summed E-state index contributed by atoms with van der Waals surface area (Å²) in [5, 5.41) is 15.4. The third-order valence-corrected chi connectivity index (χ3v) is 4.05. The molecule has 1 atom stereocenters. The van der Waals surface area contributed by atoms with Crippen LogP contribution in [0.5, 0.6) is 0 Å². The van der Waals surface area contributed by atoms with Crippen molar-refractivity contribution in [3.63, 3.8) is 0 Å². The number of carbonyl (C=O) groups excluding carboxylic acids is 2. The van der Waals surface area contributed by atoms with E-state index in [2.05, 4.69) is 10.6 Å². The van der Waals surface area contributed by atoms with Crippen molar-refractivity contribution < 1.29 is 19.1 Å². The second-order valence-electron chi connectivity index (χ2n) is 5.92. The lowest BCUT2D eigenvalue weighted by Gasteiger charge is -2.13. The third kappa shape index (κ3) is 5.98. The quantitative estimate of drug-likeness (QED) is 0.716. The van der Waals surface area contributed by atoms with E-state index in [1.54, 1.807) is 0 Å². The molecule has 1 aliphatic rings. The Morgan fingerprint density at radius 1 is 1.13 bits per heavy atom. The number of rotatable bonds is 7. The first-order valence-corrected chi connectivity index (χ1v) is 8.04. The number of aliphatic hydroxyl groups excluding tert-OH is 1. The molecular formula is C17H23FN2O3. The Kier molecular flexibility index (Phi) is 6.52. The molecule has 1 saturated carbocycles. The number of halogens is 1. The van der Waals surface area contributed by atoms with Gasteiger partial charge < -0.3 is 15.7 Å². The number of carbonyl (C=O) groups is 2. The molecule has 1 aromatic rings. The van der Waals surface area contributed by atoms with Crippen LogP contribution >= 0.6 is 0 Å². The van der Waals surface area contributed by atoms with Gasteiger partial charge in [0, 0.05) is 25.4 Å². The Hall–Kier alpha value is -1.95. The van der Waals surface area contributed by atoms with Crippen LogP contribution in [0, 0.1) is 5.82 Å². The van der Waals surface area contributed by atoms with Crippen LogP contribution in [0.25, 0.3) is 0 Å². The Labute approximate surface area is 135 Å². The molecule has 0 heterocycles. The fraction of sp³-hybridized carbons (Fsp3) is 0.529. The average Bonchev–Trinajstić information content (AvgIpc) is 3.04. The van der Waals surface area contributed by atoms with Crippen LogP contribution in [-0.4, -0.2) is 29.5 Å². The highest BCUT2D eigenvalue weighted by Crippen LogP contribution is 2.17. The smallest absolute Gasteiger partial charge is 0.220 e. The summed E-state index contributed by atoms with van der Waals surface area (Å²) in [5.41, 5.74) is 0.533. The van der Waals surface area contributed by atoms with Crippen LogP contribution < -0.4 is 10.6 Å². The van der Waals surface area contributed by atoms with E-state index in [1.807, 2.05) is 0 Å². The molecular weight excluding hydrogens is 299 g/mol. The zero-order valence-corrected chi connectivity index (χ0v) is 13.1. The van der Waals surface area contributed by atoms with E-state index in [1.165, 1.54) is 24.3 Å². The summed E-state index contributed by atoms with van der Waals surface area (Å²) >= 11 is 0. The van der Waals surface area contributed by atoms with Gasteiger partial charge in [-0.1, -0.05) is 25.0 Å². The number of amides is 2. The van der Waals surface area contributed by atoms with Crippen LogP contribution in [0.15, 0.2) is 24.3 Å². The Morgan fingerprint density at radius 3 is 2.39 bits per heavy atom. The lowest BCUT2D eigenvalue weighted by atomic mass is 10.1. The number of benzene rings is 1. The average molecular weight is 322 g/mol. The van der Waals surface area contributed by atoms with Crippen molar-refractivity contribution >= 4 is 11.8 Å². The highest BCUT2D eigenvalue weighted by atomic mass is 19.1. The van der Waals surface area contributed by atoms with E-state index in [4.69, 9.17) is 0 Å². The Balaban J connectivity index is 1.64. The van der Waals surface area contributed by atoms with E-state index in [0.717, 1.165) is 25.7 Å². The zero-order chi connectivity index (χ0) is 16.7. The Bertz CT molecular complexity index is 527. The molecule has 6 heteroatoms. The van der Waals surface area contributed by atoms with Crippen molar-refractivity contribution in [1.82, 2.24) is 10.6 Å². The number of nitrogens with one attached hydrogen (secondary N) is 2. The minimum atomic E-state index is -0.896. The fourth-order valence-corrected chi connectivity index (χ4v) is 2.70. The fourth-order valence-electron chi connectivity index (χ4n) is 2.70. The molecule has 0 spiro atoms. The summed E-state index contributed by atoms with van der Waals surface area (Å²) < 4.78 is 12.8. The molecule has 126 valence electrons. The van der Waals surface area contributed by atoms with Gasteiger partial charge in [-0.2, -0.15) is 0 Å². The summed E-state index contributed by atoms with van der Waals surface area (Å²) in [7, 11) is 0. The molecule has 0 bridgehead atoms. The van der Waals surface area contributed by atoms with Crippen LogP contribution in [0.4, 0.5) is 4.39 Å². The number of aliphatic hydroxyl groups is 1. The normalized spacial score (nSPS) is 16.1. The maximum absolute atomic E-state index is 12.8. The Morgan fingerprint density at radius 2 is 1.74 bits per heavy atom. The van der Waals surface area contributed by atoms with Gasteiger partial charge in [0.25, 0.3) is 0 Å². The number of hydrogen-bond donors (Lipinski definition) is 3. The second kappa shape index (κ2) is 8.62. The maximum atomic E-state index is 12.8. The van der Waals surface area contributed by atoms with Crippen molar-refractivity contribution in [3.05, 3.63) is 35.6 Å². The van der Waals surface area contributed by atoms with Crippen molar-refractivity contribution in [2.45, 2.75) is 50.7 Å². The molecule has 3 N–H and O–H groups in total. The highest BCUT2D eigenvalue weighted by molar-refractivity contribution is 5.83. The molecule has 5 nitrogen and oxygen atoms in total. The summed E-state index contributed by atoms with van der Waals surface area (Å²) in [5.74, 6) is -0.767. The van der Waals surface area contributed by atoms with Crippen molar-refractivity contribution in [3.8, 4) is 0 Å². The topological polar surface area (TPSA) is 78.4 Å². The van der Waals surface area contributed by atoms with Crippen molar-refractivity contribution in [1.29, 1.82) is 0 Å². The van der Waals surface area contributed by atoms with Gasteiger partial charge >= 0.3 is 0 Å². The monoisotopic (exact) mass is 322 g/mol. The van der Waals surface area contributed by atoms with Gasteiger partial charge in [0.2, 0.25) is 11.8 Å². The van der Waals surface area contributed by atoms with Gasteiger partial charge in [0.1, 0.15) is 5.82 Å². The van der Waals surface area contributed by atoms with Gasteiger partial charge in [-0.3, -0.25) is 9.59 Å². The maximum Gasteiger partial charge on any atom is 0.220 e. The predicted octanol–water partition coefficient (Wildman–Crippen LogP) is 1.81. The molecule has 2 amide bonds.